The third kappa shape index (κ3) is 2.97. The summed E-state index contributed by atoms with van der Waals surface area (Å²) in [5, 5.41) is 4.48. The lowest BCUT2D eigenvalue weighted by Crippen LogP contribution is -2.14. The molecule has 1 aromatic carbocycles. The molecule has 5 nitrogen and oxygen atoms in total. The topological polar surface area (TPSA) is 64.0 Å². The zero-order valence-corrected chi connectivity index (χ0v) is 15.6. The van der Waals surface area contributed by atoms with Crippen molar-refractivity contribution in [1.29, 1.82) is 0 Å². The number of nitrogens with one attached hydrogen (secondary N) is 1. The number of benzene rings is 1. The molecule has 0 fully saturated rings. The molecular formula is C17H19N3O2S2. The second-order valence-electron chi connectivity index (χ2n) is 5.68. The molecule has 0 bridgehead atoms. The van der Waals surface area contributed by atoms with Gasteiger partial charge in [-0.25, -0.2) is 13.1 Å². The molecule has 2 aromatic heterocycles. The third-order valence-corrected chi connectivity index (χ3v) is 6.38. The van der Waals surface area contributed by atoms with E-state index in [1.54, 1.807) is 17.7 Å². The minimum Gasteiger partial charge on any atom is -0.276 e. The number of hydrogen-bond acceptors (Lipinski definition) is 4. The lowest BCUT2D eigenvalue weighted by atomic mass is 10.3. The smallest absolute Gasteiger partial charge is 0.263 e. The number of thiophene rings is 1. The van der Waals surface area contributed by atoms with Gasteiger partial charge < -0.3 is 0 Å². The van der Waals surface area contributed by atoms with Crippen molar-refractivity contribution in [3.63, 3.8) is 0 Å². The largest absolute Gasteiger partial charge is 0.276 e. The maximum absolute atomic E-state index is 12.7. The minimum atomic E-state index is -3.63. The molecule has 7 heteroatoms. The maximum Gasteiger partial charge on any atom is 0.263 e. The van der Waals surface area contributed by atoms with E-state index in [4.69, 9.17) is 0 Å². The molecule has 1 N–H and O–H groups in total. The summed E-state index contributed by atoms with van der Waals surface area (Å²) >= 11 is 1.48. The number of aromatic nitrogens is 2. The van der Waals surface area contributed by atoms with Gasteiger partial charge in [-0.15, -0.1) is 11.3 Å². The molecule has 0 amide bonds. The molecule has 0 atom stereocenters. The Kier molecular flexibility index (Phi) is 4.23. The van der Waals surface area contributed by atoms with Crippen molar-refractivity contribution in [2.45, 2.75) is 32.6 Å². The summed E-state index contributed by atoms with van der Waals surface area (Å²) in [6.45, 7) is 7.38. The van der Waals surface area contributed by atoms with Crippen LogP contribution in [0.2, 0.25) is 0 Å². The van der Waals surface area contributed by atoms with Crippen LogP contribution in [0.3, 0.4) is 0 Å². The average Bonchev–Trinajstić information content (AvgIpc) is 3.02. The van der Waals surface area contributed by atoms with Crippen LogP contribution in [0.5, 0.6) is 0 Å². The first kappa shape index (κ1) is 16.7. The van der Waals surface area contributed by atoms with Crippen molar-refractivity contribution in [3.05, 3.63) is 57.5 Å². The van der Waals surface area contributed by atoms with Crippen molar-refractivity contribution >= 4 is 27.0 Å². The van der Waals surface area contributed by atoms with E-state index in [0.717, 1.165) is 21.1 Å². The average molecular weight is 361 g/mol. The van der Waals surface area contributed by atoms with Gasteiger partial charge >= 0.3 is 0 Å². The number of sulfonamides is 1. The fraction of sp³-hybridized carbons (Fsp3) is 0.235. The Morgan fingerprint density at radius 2 is 1.75 bits per heavy atom. The molecule has 0 aliphatic heterocycles. The monoisotopic (exact) mass is 361 g/mol. The van der Waals surface area contributed by atoms with E-state index >= 15 is 0 Å². The Labute approximate surface area is 146 Å². The predicted octanol–water partition coefficient (Wildman–Crippen LogP) is 3.97. The van der Waals surface area contributed by atoms with Crippen LogP contribution in [0.15, 0.2) is 41.3 Å². The summed E-state index contributed by atoms with van der Waals surface area (Å²) in [5.41, 5.74) is 2.82. The van der Waals surface area contributed by atoms with Crippen molar-refractivity contribution in [3.8, 4) is 5.69 Å². The lowest BCUT2D eigenvalue weighted by molar-refractivity contribution is 0.601. The lowest BCUT2D eigenvalue weighted by Gasteiger charge is -2.09. The van der Waals surface area contributed by atoms with E-state index in [-0.39, 0.29) is 0 Å². The summed E-state index contributed by atoms with van der Waals surface area (Å²) in [7, 11) is -3.63. The molecule has 0 aliphatic carbocycles. The van der Waals surface area contributed by atoms with Crippen molar-refractivity contribution in [1.82, 2.24) is 9.78 Å². The first-order valence-corrected chi connectivity index (χ1v) is 9.81. The third-order valence-electron chi connectivity index (χ3n) is 3.81. The highest BCUT2D eigenvalue weighted by Gasteiger charge is 2.23. The van der Waals surface area contributed by atoms with Crippen LogP contribution >= 0.6 is 11.3 Å². The molecule has 0 radical (unpaired) electrons. The Hall–Kier alpha value is -2.12. The molecule has 126 valence electrons. The normalized spacial score (nSPS) is 11.7. The number of rotatable bonds is 4. The molecular weight excluding hydrogens is 342 g/mol. The molecule has 0 saturated heterocycles. The molecule has 0 saturated carbocycles. The Morgan fingerprint density at radius 3 is 2.33 bits per heavy atom. The first-order chi connectivity index (χ1) is 11.3. The van der Waals surface area contributed by atoms with Gasteiger partial charge in [0, 0.05) is 9.75 Å². The standard InChI is InChI=1S/C17H19N3O2S2/c1-11-10-16(14(4)23-11)24(21,22)19-17-12(2)18-20(13(17)3)15-8-6-5-7-9-15/h5-10,19H,1-4H3. The second-order valence-corrected chi connectivity index (χ2v) is 8.79. The quantitative estimate of drug-likeness (QED) is 0.765. The van der Waals surface area contributed by atoms with Gasteiger partial charge in [-0.1, -0.05) is 18.2 Å². The Morgan fingerprint density at radius 1 is 1.08 bits per heavy atom. The van der Waals surface area contributed by atoms with E-state index in [1.807, 2.05) is 51.1 Å². The minimum absolute atomic E-state index is 0.330. The Bertz CT molecular complexity index is 987. The Balaban J connectivity index is 2.02. The molecule has 3 aromatic rings. The molecule has 2 heterocycles. The van der Waals surface area contributed by atoms with Crippen LogP contribution in [-0.2, 0) is 10.0 Å². The van der Waals surface area contributed by atoms with Crippen molar-refractivity contribution in [2.24, 2.45) is 0 Å². The number of aryl methyl sites for hydroxylation is 3. The van der Waals surface area contributed by atoms with Gasteiger partial charge in [-0.2, -0.15) is 5.10 Å². The number of para-hydroxylation sites is 1. The van der Waals surface area contributed by atoms with Crippen LogP contribution in [0.4, 0.5) is 5.69 Å². The van der Waals surface area contributed by atoms with Gasteiger partial charge in [0.25, 0.3) is 10.0 Å². The molecule has 3 rings (SSSR count). The van der Waals surface area contributed by atoms with Gasteiger partial charge in [-0.3, -0.25) is 4.72 Å². The number of nitrogens with zero attached hydrogens (tertiary/aromatic N) is 2. The maximum atomic E-state index is 12.7. The van der Waals surface area contributed by atoms with E-state index in [0.29, 0.717) is 16.3 Å². The first-order valence-electron chi connectivity index (χ1n) is 7.51. The van der Waals surface area contributed by atoms with Crippen molar-refractivity contribution in [2.75, 3.05) is 4.72 Å². The van der Waals surface area contributed by atoms with Gasteiger partial charge in [0.2, 0.25) is 0 Å². The van der Waals surface area contributed by atoms with Crippen molar-refractivity contribution < 1.29 is 8.42 Å². The highest BCUT2D eigenvalue weighted by Crippen LogP contribution is 2.29. The van der Waals surface area contributed by atoms with Gasteiger partial charge in [-0.05, 0) is 45.9 Å². The summed E-state index contributed by atoms with van der Waals surface area (Å²) in [5.74, 6) is 0. The highest BCUT2D eigenvalue weighted by atomic mass is 32.2. The predicted molar refractivity (Wildman–Crippen MR) is 97.6 cm³/mol. The zero-order chi connectivity index (χ0) is 17.5. The van der Waals surface area contributed by atoms with Gasteiger partial charge in [0.15, 0.2) is 0 Å². The van der Waals surface area contributed by atoms with Crippen LogP contribution in [0, 0.1) is 27.7 Å². The van der Waals surface area contributed by atoms with Crippen LogP contribution in [0.1, 0.15) is 21.1 Å². The number of anilines is 1. The van der Waals surface area contributed by atoms with Gasteiger partial charge in [0.05, 0.1) is 22.8 Å². The SMILES string of the molecule is Cc1cc(S(=O)(=O)Nc2c(C)nn(-c3ccccc3)c2C)c(C)s1. The second kappa shape index (κ2) is 6.07. The summed E-state index contributed by atoms with van der Waals surface area (Å²) in [6, 6.07) is 11.4. The summed E-state index contributed by atoms with van der Waals surface area (Å²) in [4.78, 5) is 2.09. The van der Waals surface area contributed by atoms with Crippen LogP contribution in [0.25, 0.3) is 5.69 Å². The molecule has 0 aliphatic rings. The molecule has 0 unspecified atom stereocenters. The van der Waals surface area contributed by atoms with Gasteiger partial charge in [0.1, 0.15) is 4.90 Å². The van der Waals surface area contributed by atoms with E-state index in [9.17, 15) is 8.42 Å². The zero-order valence-electron chi connectivity index (χ0n) is 14.0. The van der Waals surface area contributed by atoms with Crippen LogP contribution in [-0.4, -0.2) is 18.2 Å². The summed E-state index contributed by atoms with van der Waals surface area (Å²) < 4.78 is 29.9. The van der Waals surface area contributed by atoms with E-state index in [2.05, 4.69) is 9.82 Å². The highest BCUT2D eigenvalue weighted by molar-refractivity contribution is 7.93. The van der Waals surface area contributed by atoms with E-state index < -0.39 is 10.0 Å². The molecule has 0 spiro atoms. The van der Waals surface area contributed by atoms with Crippen LogP contribution < -0.4 is 4.72 Å². The molecule has 24 heavy (non-hydrogen) atoms. The van der Waals surface area contributed by atoms with E-state index in [1.165, 1.54) is 11.3 Å². The fourth-order valence-corrected chi connectivity index (χ4v) is 5.41. The number of hydrogen-bond donors (Lipinski definition) is 1. The summed E-state index contributed by atoms with van der Waals surface area (Å²) in [6.07, 6.45) is 0. The fourth-order valence-electron chi connectivity index (χ4n) is 2.67.